The summed E-state index contributed by atoms with van der Waals surface area (Å²) in [7, 11) is -4.76. The molecular weight excluding hydrogens is 976 g/mol. The Morgan fingerprint density at radius 2 is 0.684 bits per heavy atom. The minimum atomic E-state index is -4.76. The summed E-state index contributed by atoms with van der Waals surface area (Å²) in [6.45, 7) is 4.51. The van der Waals surface area contributed by atoms with E-state index in [1.807, 2.05) is 0 Å². The van der Waals surface area contributed by atoms with E-state index < -0.39 is 57.8 Å². The van der Waals surface area contributed by atoms with Crippen LogP contribution in [0.25, 0.3) is 0 Å². The van der Waals surface area contributed by atoms with Crippen molar-refractivity contribution < 1.29 is 52.2 Å². The van der Waals surface area contributed by atoms with E-state index in [0.29, 0.717) is 19.3 Å². The third-order valence-electron chi connectivity index (χ3n) is 13.1. The van der Waals surface area contributed by atoms with Crippen LogP contribution in [0.2, 0.25) is 0 Å². The number of unbranched alkanes of at least 4 members (excludes halogenated alkanes) is 28. The second-order valence-corrected chi connectivity index (χ2v) is 21.9. The quantitative estimate of drug-likeness (QED) is 0.0197. The van der Waals surface area contributed by atoms with Crippen molar-refractivity contribution in [1.29, 1.82) is 0 Å². The van der Waals surface area contributed by atoms with Crippen molar-refractivity contribution in [3.05, 3.63) is 72.9 Å². The zero-order chi connectivity index (χ0) is 55.5. The molecule has 0 radical (unpaired) electrons. The first kappa shape index (κ1) is 72.9. The van der Waals surface area contributed by atoms with Crippen LogP contribution in [0.3, 0.4) is 0 Å². The van der Waals surface area contributed by atoms with E-state index in [2.05, 4.69) is 93.7 Å². The Hall–Kier alpha value is -3.08. The van der Waals surface area contributed by atoms with Gasteiger partial charge in [0.2, 0.25) is 0 Å². The standard InChI is InChI=1S/C64H113O11P/c1-4-7-10-13-16-19-22-25-28-29-30-31-34-37-40-43-46-49-52-55-64(68)75-61(57-71-62(66)53-50-47-44-41-38-35-32-26-23-20-17-14-11-8-5-2)59-73-76(69,70)72-58-60(56-65)74-63(67)54-51-48-45-42-39-36-33-27-24-21-18-15-12-9-6-3/h9,12,16,18-19,21,25,27-28,30-31,33,60-61,65H,4-8,10-11,13-15,17,20,22-24,26,29,32,34-59H2,1-3H3,(H,69,70)/b12-9-,19-16-,21-18-,28-25-,31-30-,33-27-. The van der Waals surface area contributed by atoms with Crippen molar-refractivity contribution in [2.24, 2.45) is 0 Å². The second kappa shape index (κ2) is 58.1. The van der Waals surface area contributed by atoms with Crippen LogP contribution >= 0.6 is 7.82 Å². The van der Waals surface area contributed by atoms with Crippen molar-refractivity contribution in [1.82, 2.24) is 0 Å². The number of aliphatic hydroxyl groups is 1. The summed E-state index contributed by atoms with van der Waals surface area (Å²) in [5.41, 5.74) is 0. The lowest BCUT2D eigenvalue weighted by Crippen LogP contribution is -2.30. The fourth-order valence-corrected chi connectivity index (χ4v) is 9.22. The molecule has 0 aromatic heterocycles. The number of hydrogen-bond acceptors (Lipinski definition) is 10. The summed E-state index contributed by atoms with van der Waals surface area (Å²) < 4.78 is 39.6. The van der Waals surface area contributed by atoms with E-state index in [4.69, 9.17) is 23.3 Å². The molecule has 0 aliphatic heterocycles. The van der Waals surface area contributed by atoms with Gasteiger partial charge in [0.1, 0.15) is 12.7 Å². The Kier molecular flexibility index (Phi) is 55.7. The molecule has 0 aromatic carbocycles. The molecule has 0 saturated heterocycles. The van der Waals surface area contributed by atoms with Crippen molar-refractivity contribution in [2.45, 2.75) is 290 Å². The monoisotopic (exact) mass is 1090 g/mol. The van der Waals surface area contributed by atoms with Crippen molar-refractivity contribution in [3.8, 4) is 0 Å². The molecule has 0 aliphatic rings. The van der Waals surface area contributed by atoms with Gasteiger partial charge in [0.05, 0.1) is 19.8 Å². The van der Waals surface area contributed by atoms with Gasteiger partial charge in [-0.05, 0) is 89.9 Å². The highest BCUT2D eigenvalue weighted by atomic mass is 31.2. The molecule has 2 N–H and O–H groups in total. The Bertz CT molecular complexity index is 1550. The Balaban J connectivity index is 4.74. The predicted molar refractivity (Wildman–Crippen MR) is 316 cm³/mol. The molecule has 0 fully saturated rings. The average molecular weight is 1090 g/mol. The molecule has 0 bridgehead atoms. The van der Waals surface area contributed by atoms with Gasteiger partial charge in [-0.1, -0.05) is 241 Å². The van der Waals surface area contributed by atoms with Gasteiger partial charge in [-0.15, -0.1) is 0 Å². The minimum Gasteiger partial charge on any atom is -0.462 e. The molecule has 0 amide bonds. The van der Waals surface area contributed by atoms with Gasteiger partial charge >= 0.3 is 25.7 Å². The maximum Gasteiger partial charge on any atom is 0.472 e. The number of carbonyl (C=O) groups excluding carboxylic acids is 3. The Morgan fingerprint density at radius 3 is 1.08 bits per heavy atom. The highest BCUT2D eigenvalue weighted by Gasteiger charge is 2.28. The summed E-state index contributed by atoms with van der Waals surface area (Å²) in [5.74, 6) is -1.49. The number of allylic oxidation sites excluding steroid dienone is 12. The number of carbonyl (C=O) groups is 3. The average Bonchev–Trinajstić information content (AvgIpc) is 3.41. The third-order valence-corrected chi connectivity index (χ3v) is 14.1. The van der Waals surface area contributed by atoms with Crippen LogP contribution in [0.4, 0.5) is 0 Å². The summed E-state index contributed by atoms with van der Waals surface area (Å²) >= 11 is 0. The highest BCUT2D eigenvalue weighted by Crippen LogP contribution is 2.43. The van der Waals surface area contributed by atoms with E-state index >= 15 is 0 Å². The van der Waals surface area contributed by atoms with E-state index in [1.54, 1.807) is 0 Å². The van der Waals surface area contributed by atoms with Gasteiger partial charge in [-0.25, -0.2) is 4.57 Å². The number of esters is 3. The molecule has 440 valence electrons. The minimum absolute atomic E-state index is 0.152. The molecule has 3 unspecified atom stereocenters. The zero-order valence-corrected chi connectivity index (χ0v) is 49.6. The third kappa shape index (κ3) is 55.7. The zero-order valence-electron chi connectivity index (χ0n) is 48.7. The Labute approximate surface area is 465 Å². The first-order valence-corrected chi connectivity index (χ1v) is 32.3. The lowest BCUT2D eigenvalue weighted by molar-refractivity contribution is -0.161. The fourth-order valence-electron chi connectivity index (χ4n) is 8.44. The number of hydrogen-bond donors (Lipinski definition) is 2. The molecule has 76 heavy (non-hydrogen) atoms. The number of aliphatic hydroxyl groups excluding tert-OH is 1. The Morgan fingerprint density at radius 1 is 0.382 bits per heavy atom. The van der Waals surface area contributed by atoms with Crippen molar-refractivity contribution in [3.63, 3.8) is 0 Å². The van der Waals surface area contributed by atoms with Crippen LogP contribution in [0, 0.1) is 0 Å². The van der Waals surface area contributed by atoms with E-state index in [0.717, 1.165) is 122 Å². The fraction of sp³-hybridized carbons (Fsp3) is 0.766. The normalized spacial score (nSPS) is 13.8. The molecule has 0 rings (SSSR count). The molecule has 0 aromatic rings. The van der Waals surface area contributed by atoms with E-state index in [9.17, 15) is 28.9 Å². The summed E-state index contributed by atoms with van der Waals surface area (Å²) in [5, 5.41) is 9.83. The first-order valence-electron chi connectivity index (χ1n) is 30.8. The SMILES string of the molecule is CC/C=C\C/C=C\C/C=C\CCCCCCCC(=O)OC(CO)COP(=O)(O)OCC(COC(=O)CCCCCCCCCCCCCCCCC)OC(=O)CCCCCCCC/C=C\C/C=C\C/C=C\CCCCC. The number of phosphoric ester groups is 1. The van der Waals surface area contributed by atoms with Gasteiger partial charge in [0.15, 0.2) is 6.10 Å². The maximum atomic E-state index is 12.9. The summed E-state index contributed by atoms with van der Waals surface area (Å²) in [4.78, 5) is 48.7. The number of ether oxygens (including phenoxy) is 3. The molecule has 0 heterocycles. The van der Waals surface area contributed by atoms with Gasteiger partial charge < -0.3 is 24.2 Å². The van der Waals surface area contributed by atoms with Crippen molar-refractivity contribution in [2.75, 3.05) is 26.4 Å². The van der Waals surface area contributed by atoms with Crippen LogP contribution < -0.4 is 0 Å². The van der Waals surface area contributed by atoms with Gasteiger partial charge in [0.25, 0.3) is 0 Å². The molecule has 0 aliphatic carbocycles. The molecule has 12 heteroatoms. The molecular formula is C64H113O11P. The predicted octanol–water partition coefficient (Wildman–Crippen LogP) is 18.5. The topological polar surface area (TPSA) is 155 Å². The van der Waals surface area contributed by atoms with Crippen LogP contribution in [-0.2, 0) is 42.2 Å². The molecule has 0 spiro atoms. The van der Waals surface area contributed by atoms with Crippen LogP contribution in [0.15, 0.2) is 72.9 Å². The highest BCUT2D eigenvalue weighted by molar-refractivity contribution is 7.47. The van der Waals surface area contributed by atoms with Crippen LogP contribution in [0.5, 0.6) is 0 Å². The molecule has 0 saturated carbocycles. The maximum absolute atomic E-state index is 12.9. The molecule has 11 nitrogen and oxygen atoms in total. The molecule has 3 atom stereocenters. The lowest BCUT2D eigenvalue weighted by atomic mass is 10.0. The summed E-state index contributed by atoms with van der Waals surface area (Å²) in [6, 6.07) is 0. The smallest absolute Gasteiger partial charge is 0.462 e. The van der Waals surface area contributed by atoms with Crippen LogP contribution in [0.1, 0.15) is 278 Å². The lowest BCUT2D eigenvalue weighted by Gasteiger charge is -2.21. The second-order valence-electron chi connectivity index (χ2n) is 20.5. The first-order chi connectivity index (χ1) is 37.2. The van der Waals surface area contributed by atoms with Gasteiger partial charge in [0, 0.05) is 19.3 Å². The number of phosphoric acid groups is 1. The van der Waals surface area contributed by atoms with E-state index in [-0.39, 0.29) is 25.9 Å². The van der Waals surface area contributed by atoms with Gasteiger partial charge in [-0.3, -0.25) is 23.4 Å². The van der Waals surface area contributed by atoms with E-state index in [1.165, 1.54) is 96.3 Å². The van der Waals surface area contributed by atoms with Crippen LogP contribution in [-0.4, -0.2) is 66.5 Å². The largest absolute Gasteiger partial charge is 0.472 e. The van der Waals surface area contributed by atoms with Gasteiger partial charge in [-0.2, -0.15) is 0 Å². The number of rotatable bonds is 57. The van der Waals surface area contributed by atoms with Crippen molar-refractivity contribution >= 4 is 25.7 Å². The summed E-state index contributed by atoms with van der Waals surface area (Å²) in [6.07, 6.45) is 65.6.